The summed E-state index contributed by atoms with van der Waals surface area (Å²) in [5.74, 6) is 0.117. The van der Waals surface area contributed by atoms with Crippen LogP contribution >= 0.6 is 0 Å². The van der Waals surface area contributed by atoms with E-state index in [4.69, 9.17) is 15.7 Å². The van der Waals surface area contributed by atoms with Crippen LogP contribution in [0.1, 0.15) is 25.0 Å². The van der Waals surface area contributed by atoms with Crippen LogP contribution in [0.4, 0.5) is 5.69 Å². The van der Waals surface area contributed by atoms with Gasteiger partial charge in [0, 0.05) is 24.8 Å². The van der Waals surface area contributed by atoms with Crippen LogP contribution in [0.25, 0.3) is 0 Å². The number of amidine groups is 1. The Hall–Kier alpha value is -1.75. The number of ether oxygens (including phenoxy) is 1. The van der Waals surface area contributed by atoms with Crippen molar-refractivity contribution in [2.45, 2.75) is 26.9 Å². The highest BCUT2D eigenvalue weighted by atomic mass is 16.5. The van der Waals surface area contributed by atoms with Crippen molar-refractivity contribution in [2.24, 2.45) is 10.9 Å². The van der Waals surface area contributed by atoms with Crippen molar-refractivity contribution in [1.82, 2.24) is 0 Å². The first-order valence-electron chi connectivity index (χ1n) is 6.37. The van der Waals surface area contributed by atoms with Crippen molar-refractivity contribution in [3.05, 3.63) is 29.3 Å². The molecule has 1 aromatic rings. The van der Waals surface area contributed by atoms with Crippen LogP contribution in [0, 0.1) is 6.92 Å². The third-order valence-electron chi connectivity index (χ3n) is 2.83. The number of hydrogen-bond acceptors (Lipinski definition) is 4. The first-order chi connectivity index (χ1) is 8.95. The summed E-state index contributed by atoms with van der Waals surface area (Å²) >= 11 is 0. The van der Waals surface area contributed by atoms with Crippen LogP contribution in [0.5, 0.6) is 0 Å². The van der Waals surface area contributed by atoms with E-state index in [2.05, 4.69) is 5.16 Å². The van der Waals surface area contributed by atoms with Gasteiger partial charge in [-0.1, -0.05) is 11.2 Å². The van der Waals surface area contributed by atoms with Crippen LogP contribution < -0.4 is 10.6 Å². The van der Waals surface area contributed by atoms with E-state index in [1.54, 1.807) is 0 Å². The lowest BCUT2D eigenvalue weighted by atomic mass is 10.1. The van der Waals surface area contributed by atoms with Gasteiger partial charge in [-0.25, -0.2) is 0 Å². The molecule has 0 aliphatic heterocycles. The first kappa shape index (κ1) is 15.3. The van der Waals surface area contributed by atoms with Gasteiger partial charge in [0.15, 0.2) is 5.84 Å². The molecule has 3 N–H and O–H groups in total. The highest BCUT2D eigenvalue weighted by molar-refractivity contribution is 6.02. The molecule has 0 heterocycles. The molecule has 5 heteroatoms. The van der Waals surface area contributed by atoms with Gasteiger partial charge in [0.2, 0.25) is 0 Å². The van der Waals surface area contributed by atoms with E-state index in [1.807, 2.05) is 50.9 Å². The van der Waals surface area contributed by atoms with E-state index in [-0.39, 0.29) is 11.9 Å². The third-order valence-corrected chi connectivity index (χ3v) is 2.83. The van der Waals surface area contributed by atoms with E-state index in [9.17, 15) is 0 Å². The maximum Gasteiger partial charge on any atom is 0.172 e. The average Bonchev–Trinajstić information content (AvgIpc) is 2.37. The summed E-state index contributed by atoms with van der Waals surface area (Å²) in [4.78, 5) is 2.04. The van der Waals surface area contributed by atoms with E-state index >= 15 is 0 Å². The van der Waals surface area contributed by atoms with Crippen LogP contribution in [-0.4, -0.2) is 37.3 Å². The Morgan fingerprint density at radius 3 is 2.74 bits per heavy atom. The lowest BCUT2D eigenvalue weighted by Crippen LogP contribution is -2.27. The zero-order valence-corrected chi connectivity index (χ0v) is 12.1. The van der Waals surface area contributed by atoms with E-state index < -0.39 is 0 Å². The molecule has 5 nitrogen and oxygen atoms in total. The zero-order valence-electron chi connectivity index (χ0n) is 12.1. The Kier molecular flexibility index (Phi) is 5.63. The number of rotatable bonds is 6. The summed E-state index contributed by atoms with van der Waals surface area (Å²) in [5.41, 5.74) is 8.48. The SMILES string of the molecule is Cc1ccc(/C(N)=N/O)c(N(C)CCOC(C)C)c1. The largest absolute Gasteiger partial charge is 0.409 e. The topological polar surface area (TPSA) is 71.1 Å². The van der Waals surface area contributed by atoms with Gasteiger partial charge in [0.25, 0.3) is 0 Å². The first-order valence-corrected chi connectivity index (χ1v) is 6.37. The quantitative estimate of drug-likeness (QED) is 0.357. The van der Waals surface area contributed by atoms with Gasteiger partial charge in [-0.15, -0.1) is 0 Å². The second kappa shape index (κ2) is 6.99. The summed E-state index contributed by atoms with van der Waals surface area (Å²) in [7, 11) is 1.96. The number of oxime groups is 1. The van der Waals surface area contributed by atoms with Crippen molar-refractivity contribution in [1.29, 1.82) is 0 Å². The maximum atomic E-state index is 8.83. The smallest absolute Gasteiger partial charge is 0.172 e. The normalized spacial score (nSPS) is 11.9. The summed E-state index contributed by atoms with van der Waals surface area (Å²) < 4.78 is 5.54. The van der Waals surface area contributed by atoms with Crippen molar-refractivity contribution < 1.29 is 9.94 Å². The average molecular weight is 265 g/mol. The third kappa shape index (κ3) is 4.44. The Balaban J connectivity index is 2.88. The molecule has 0 amide bonds. The highest BCUT2D eigenvalue weighted by Gasteiger charge is 2.11. The van der Waals surface area contributed by atoms with E-state index in [1.165, 1.54) is 0 Å². The zero-order chi connectivity index (χ0) is 14.4. The molecule has 0 aromatic heterocycles. The predicted octanol–water partition coefficient (Wildman–Crippen LogP) is 1.95. The Labute approximate surface area is 114 Å². The summed E-state index contributed by atoms with van der Waals surface area (Å²) in [6.45, 7) is 7.41. The molecule has 1 aromatic carbocycles. The van der Waals surface area contributed by atoms with Gasteiger partial charge >= 0.3 is 0 Å². The highest BCUT2D eigenvalue weighted by Crippen LogP contribution is 2.21. The molecular weight excluding hydrogens is 242 g/mol. The lowest BCUT2D eigenvalue weighted by Gasteiger charge is -2.23. The van der Waals surface area contributed by atoms with Crippen LogP contribution in [0.3, 0.4) is 0 Å². The summed E-state index contributed by atoms with van der Waals surface area (Å²) in [5, 5.41) is 11.9. The molecule has 0 bridgehead atoms. The molecular formula is C14H23N3O2. The fraction of sp³-hybridized carbons (Fsp3) is 0.500. The fourth-order valence-electron chi connectivity index (χ4n) is 1.77. The summed E-state index contributed by atoms with van der Waals surface area (Å²) in [6.07, 6.45) is 0.217. The minimum Gasteiger partial charge on any atom is -0.409 e. The number of likely N-dealkylation sites (N-methyl/N-ethyl adjacent to an activating group) is 1. The van der Waals surface area contributed by atoms with Gasteiger partial charge in [-0.05, 0) is 38.5 Å². The number of nitrogens with two attached hydrogens (primary N) is 1. The molecule has 19 heavy (non-hydrogen) atoms. The van der Waals surface area contributed by atoms with Gasteiger partial charge in [0.1, 0.15) is 0 Å². The molecule has 0 fully saturated rings. The summed E-state index contributed by atoms with van der Waals surface area (Å²) in [6, 6.07) is 5.82. The number of benzene rings is 1. The van der Waals surface area contributed by atoms with Gasteiger partial charge in [-0.2, -0.15) is 0 Å². The predicted molar refractivity (Wildman–Crippen MR) is 78.0 cm³/mol. The number of hydrogen-bond donors (Lipinski definition) is 2. The second-order valence-electron chi connectivity index (χ2n) is 4.85. The molecule has 0 aliphatic carbocycles. The fourth-order valence-corrected chi connectivity index (χ4v) is 1.77. The molecule has 0 saturated carbocycles. The van der Waals surface area contributed by atoms with E-state index in [0.717, 1.165) is 23.4 Å². The number of nitrogens with zero attached hydrogens (tertiary/aromatic N) is 2. The molecule has 1 rings (SSSR count). The molecule has 0 atom stereocenters. The lowest BCUT2D eigenvalue weighted by molar-refractivity contribution is 0.0846. The molecule has 0 spiro atoms. The van der Waals surface area contributed by atoms with Gasteiger partial charge in [0.05, 0.1) is 12.7 Å². The maximum absolute atomic E-state index is 8.83. The standard InChI is InChI=1S/C14H23N3O2/c1-10(2)19-8-7-17(4)13-9-11(3)5-6-12(13)14(15)16-18/h5-6,9-10,18H,7-8H2,1-4H3,(H2,15,16). The monoisotopic (exact) mass is 265 g/mol. The molecule has 0 aliphatic rings. The van der Waals surface area contributed by atoms with Gasteiger partial charge in [-0.3, -0.25) is 0 Å². The second-order valence-corrected chi connectivity index (χ2v) is 4.85. The molecule has 0 saturated heterocycles. The number of anilines is 1. The Morgan fingerprint density at radius 2 is 2.16 bits per heavy atom. The van der Waals surface area contributed by atoms with Crippen molar-refractivity contribution in [2.75, 3.05) is 25.1 Å². The Morgan fingerprint density at radius 1 is 1.47 bits per heavy atom. The molecule has 0 radical (unpaired) electrons. The van der Waals surface area contributed by atoms with Crippen molar-refractivity contribution >= 4 is 11.5 Å². The minimum absolute atomic E-state index is 0.117. The molecule has 106 valence electrons. The Bertz CT molecular complexity index is 444. The van der Waals surface area contributed by atoms with Gasteiger partial charge < -0.3 is 20.6 Å². The molecule has 0 unspecified atom stereocenters. The minimum atomic E-state index is 0.117. The van der Waals surface area contributed by atoms with E-state index in [0.29, 0.717) is 6.61 Å². The number of aryl methyl sites for hydroxylation is 1. The van der Waals surface area contributed by atoms with Crippen molar-refractivity contribution in [3.8, 4) is 0 Å². The van der Waals surface area contributed by atoms with Crippen LogP contribution in [0.15, 0.2) is 23.4 Å². The van der Waals surface area contributed by atoms with Crippen molar-refractivity contribution in [3.63, 3.8) is 0 Å². The van der Waals surface area contributed by atoms with Crippen LogP contribution in [0.2, 0.25) is 0 Å². The van der Waals surface area contributed by atoms with Crippen LogP contribution in [-0.2, 0) is 4.74 Å².